The zero-order valence-corrected chi connectivity index (χ0v) is 11.3. The quantitative estimate of drug-likeness (QED) is 0.678. The molecule has 0 radical (unpaired) electrons. The molecule has 1 N–H and O–H groups in total. The molecule has 0 spiro atoms. The Morgan fingerprint density at radius 2 is 2.00 bits per heavy atom. The SMILES string of the molecule is C=CCCC(O)(C#Cc1cccnc1)c1ccccc1. The Kier molecular flexibility index (Phi) is 4.70. The number of rotatable bonds is 4. The van der Waals surface area contributed by atoms with Crippen molar-refractivity contribution in [3.05, 3.63) is 78.6 Å². The summed E-state index contributed by atoms with van der Waals surface area (Å²) in [6.45, 7) is 3.71. The van der Waals surface area contributed by atoms with Gasteiger partial charge in [0.25, 0.3) is 0 Å². The summed E-state index contributed by atoms with van der Waals surface area (Å²) >= 11 is 0. The maximum Gasteiger partial charge on any atom is 0.151 e. The molecule has 0 amide bonds. The Morgan fingerprint density at radius 3 is 2.65 bits per heavy atom. The molecule has 2 rings (SSSR count). The first-order valence-electron chi connectivity index (χ1n) is 6.56. The van der Waals surface area contributed by atoms with E-state index in [1.165, 1.54) is 0 Å². The Labute approximate surface area is 119 Å². The van der Waals surface area contributed by atoms with E-state index in [9.17, 15) is 5.11 Å². The number of allylic oxidation sites excluding steroid dienone is 1. The second kappa shape index (κ2) is 6.70. The summed E-state index contributed by atoms with van der Waals surface area (Å²) in [6, 6.07) is 13.2. The van der Waals surface area contributed by atoms with Crippen LogP contribution < -0.4 is 0 Å². The molecule has 0 bridgehead atoms. The number of aromatic nitrogens is 1. The first-order chi connectivity index (χ1) is 9.74. The molecule has 2 nitrogen and oxygen atoms in total. The minimum Gasteiger partial charge on any atom is -0.373 e. The first kappa shape index (κ1) is 14.0. The monoisotopic (exact) mass is 263 g/mol. The molecule has 0 saturated carbocycles. The van der Waals surface area contributed by atoms with Gasteiger partial charge in [-0.15, -0.1) is 6.58 Å². The van der Waals surface area contributed by atoms with E-state index in [2.05, 4.69) is 23.4 Å². The molecule has 20 heavy (non-hydrogen) atoms. The molecule has 0 fully saturated rings. The maximum absolute atomic E-state index is 10.8. The minimum atomic E-state index is -1.16. The molecule has 0 saturated heterocycles. The van der Waals surface area contributed by atoms with Crippen molar-refractivity contribution < 1.29 is 5.11 Å². The van der Waals surface area contributed by atoms with Crippen molar-refractivity contribution in [2.24, 2.45) is 0 Å². The third-order valence-electron chi connectivity index (χ3n) is 3.04. The summed E-state index contributed by atoms with van der Waals surface area (Å²) in [4.78, 5) is 4.02. The molecule has 0 aliphatic carbocycles. The van der Waals surface area contributed by atoms with Crippen LogP contribution in [0.1, 0.15) is 24.0 Å². The second-order valence-electron chi connectivity index (χ2n) is 4.55. The van der Waals surface area contributed by atoms with E-state index in [0.29, 0.717) is 12.8 Å². The van der Waals surface area contributed by atoms with Gasteiger partial charge in [-0.05, 0) is 30.5 Å². The van der Waals surface area contributed by atoms with Crippen LogP contribution in [0.25, 0.3) is 0 Å². The van der Waals surface area contributed by atoms with Crippen LogP contribution in [0.4, 0.5) is 0 Å². The standard InChI is InChI=1S/C18H17NO/c1-2-3-12-18(20,17-9-5-4-6-10-17)13-11-16-8-7-14-19-15-16/h2,4-10,14-15,20H,1,3,12H2. The number of hydrogen-bond donors (Lipinski definition) is 1. The highest BCUT2D eigenvalue weighted by atomic mass is 16.3. The van der Waals surface area contributed by atoms with Crippen LogP contribution >= 0.6 is 0 Å². The average Bonchev–Trinajstić information content (AvgIpc) is 2.53. The lowest BCUT2D eigenvalue weighted by Gasteiger charge is -2.22. The molecular weight excluding hydrogens is 246 g/mol. The van der Waals surface area contributed by atoms with Crippen LogP contribution in [0, 0.1) is 11.8 Å². The van der Waals surface area contributed by atoms with Gasteiger partial charge in [-0.2, -0.15) is 0 Å². The van der Waals surface area contributed by atoms with Gasteiger partial charge in [0.2, 0.25) is 0 Å². The largest absolute Gasteiger partial charge is 0.373 e. The molecule has 0 aliphatic heterocycles. The van der Waals surface area contributed by atoms with Crippen LogP contribution in [-0.4, -0.2) is 10.1 Å². The Hall–Kier alpha value is -2.37. The van der Waals surface area contributed by atoms with Gasteiger partial charge in [0.15, 0.2) is 5.60 Å². The van der Waals surface area contributed by atoms with E-state index in [4.69, 9.17) is 0 Å². The minimum absolute atomic E-state index is 0.522. The zero-order chi connectivity index (χ0) is 14.3. The molecule has 100 valence electrons. The van der Waals surface area contributed by atoms with Gasteiger partial charge in [-0.25, -0.2) is 0 Å². The van der Waals surface area contributed by atoms with Gasteiger partial charge in [0, 0.05) is 18.0 Å². The van der Waals surface area contributed by atoms with E-state index in [-0.39, 0.29) is 0 Å². The summed E-state index contributed by atoms with van der Waals surface area (Å²) in [7, 11) is 0. The second-order valence-corrected chi connectivity index (χ2v) is 4.55. The fourth-order valence-electron chi connectivity index (χ4n) is 1.92. The highest BCUT2D eigenvalue weighted by molar-refractivity contribution is 5.38. The fraction of sp³-hybridized carbons (Fsp3) is 0.167. The molecule has 1 aromatic heterocycles. The number of pyridine rings is 1. The number of hydrogen-bond acceptors (Lipinski definition) is 2. The Balaban J connectivity index is 2.33. The van der Waals surface area contributed by atoms with Crippen molar-refractivity contribution in [3.8, 4) is 11.8 Å². The predicted molar refractivity (Wildman–Crippen MR) is 80.9 cm³/mol. The van der Waals surface area contributed by atoms with Gasteiger partial charge in [0.1, 0.15) is 0 Å². The summed E-state index contributed by atoms with van der Waals surface area (Å²) in [5.41, 5.74) is 0.435. The first-order valence-corrected chi connectivity index (χ1v) is 6.56. The van der Waals surface area contributed by atoms with Crippen molar-refractivity contribution in [1.29, 1.82) is 0 Å². The lowest BCUT2D eigenvalue weighted by molar-refractivity contribution is 0.0914. The summed E-state index contributed by atoms with van der Waals surface area (Å²) in [5, 5.41) is 10.8. The van der Waals surface area contributed by atoms with Crippen molar-refractivity contribution in [1.82, 2.24) is 4.98 Å². The maximum atomic E-state index is 10.8. The van der Waals surface area contributed by atoms with Gasteiger partial charge in [-0.3, -0.25) is 4.98 Å². The van der Waals surface area contributed by atoms with Crippen molar-refractivity contribution in [3.63, 3.8) is 0 Å². The fourth-order valence-corrected chi connectivity index (χ4v) is 1.92. The summed E-state index contributed by atoms with van der Waals surface area (Å²) < 4.78 is 0. The highest BCUT2D eigenvalue weighted by Crippen LogP contribution is 2.26. The summed E-state index contributed by atoms with van der Waals surface area (Å²) in [6.07, 6.45) is 6.40. The van der Waals surface area contributed by atoms with E-state index < -0.39 is 5.60 Å². The molecule has 1 heterocycles. The molecule has 1 atom stereocenters. The van der Waals surface area contributed by atoms with Crippen LogP contribution in [0.2, 0.25) is 0 Å². The third-order valence-corrected chi connectivity index (χ3v) is 3.04. The normalized spacial score (nSPS) is 12.8. The smallest absolute Gasteiger partial charge is 0.151 e. The average molecular weight is 263 g/mol. The lowest BCUT2D eigenvalue weighted by Crippen LogP contribution is -2.23. The molecule has 0 aliphatic rings. The topological polar surface area (TPSA) is 33.1 Å². The van der Waals surface area contributed by atoms with E-state index in [1.807, 2.05) is 42.5 Å². The highest BCUT2D eigenvalue weighted by Gasteiger charge is 2.25. The molecule has 1 aromatic carbocycles. The van der Waals surface area contributed by atoms with Gasteiger partial charge < -0.3 is 5.11 Å². The predicted octanol–water partition coefficient (Wildman–Crippen LogP) is 3.29. The van der Waals surface area contributed by atoms with E-state index in [1.54, 1.807) is 18.5 Å². The Morgan fingerprint density at radius 1 is 1.20 bits per heavy atom. The zero-order valence-electron chi connectivity index (χ0n) is 11.3. The van der Waals surface area contributed by atoms with E-state index in [0.717, 1.165) is 11.1 Å². The van der Waals surface area contributed by atoms with Gasteiger partial charge >= 0.3 is 0 Å². The van der Waals surface area contributed by atoms with Gasteiger partial charge in [-0.1, -0.05) is 48.2 Å². The van der Waals surface area contributed by atoms with E-state index >= 15 is 0 Å². The lowest BCUT2D eigenvalue weighted by atomic mass is 9.89. The number of aliphatic hydroxyl groups is 1. The Bertz CT molecular complexity index is 610. The van der Waals surface area contributed by atoms with Crippen LogP contribution in [-0.2, 0) is 5.60 Å². The van der Waals surface area contributed by atoms with Crippen molar-refractivity contribution >= 4 is 0 Å². The molecule has 2 aromatic rings. The number of nitrogens with zero attached hydrogens (tertiary/aromatic N) is 1. The van der Waals surface area contributed by atoms with Crippen molar-refractivity contribution in [2.75, 3.05) is 0 Å². The number of benzene rings is 1. The summed E-state index contributed by atoms with van der Waals surface area (Å²) in [5.74, 6) is 5.98. The van der Waals surface area contributed by atoms with Crippen molar-refractivity contribution in [2.45, 2.75) is 18.4 Å². The van der Waals surface area contributed by atoms with Gasteiger partial charge in [0.05, 0.1) is 0 Å². The van der Waals surface area contributed by atoms with Crippen LogP contribution in [0.15, 0.2) is 67.5 Å². The van der Waals surface area contributed by atoms with Crippen LogP contribution in [0.5, 0.6) is 0 Å². The van der Waals surface area contributed by atoms with Crippen LogP contribution in [0.3, 0.4) is 0 Å². The third kappa shape index (κ3) is 3.57. The molecule has 2 heteroatoms. The molecular formula is C18H17NO. The molecule has 1 unspecified atom stereocenters.